The lowest BCUT2D eigenvalue weighted by molar-refractivity contribution is 0.102. The van der Waals surface area contributed by atoms with Crippen LogP contribution in [0.1, 0.15) is 40.5 Å². The minimum Gasteiger partial charge on any atom is -0.439 e. The normalized spacial score (nSPS) is 16.4. The number of anilines is 1. The fourth-order valence-corrected chi connectivity index (χ4v) is 3.38. The van der Waals surface area contributed by atoms with Gasteiger partial charge in [0.15, 0.2) is 5.69 Å². The van der Waals surface area contributed by atoms with Crippen molar-refractivity contribution in [3.05, 3.63) is 65.6 Å². The summed E-state index contributed by atoms with van der Waals surface area (Å²) in [5.74, 6) is 1.00. The van der Waals surface area contributed by atoms with Crippen molar-refractivity contribution in [1.29, 1.82) is 0 Å². The number of pyridine rings is 1. The number of benzene rings is 1. The maximum absolute atomic E-state index is 12.5. The molecule has 7 nitrogen and oxygen atoms in total. The summed E-state index contributed by atoms with van der Waals surface area (Å²) >= 11 is 0. The molecule has 1 aliphatic rings. The number of nitrogens with one attached hydrogen (secondary N) is 2. The van der Waals surface area contributed by atoms with Crippen molar-refractivity contribution in [2.45, 2.75) is 32.7 Å². The van der Waals surface area contributed by atoms with Crippen molar-refractivity contribution in [2.24, 2.45) is 0 Å². The van der Waals surface area contributed by atoms with Crippen LogP contribution in [0.15, 0.2) is 48.8 Å². The summed E-state index contributed by atoms with van der Waals surface area (Å²) in [5.41, 5.74) is 3.23. The van der Waals surface area contributed by atoms with Crippen LogP contribution in [0, 0.1) is 13.8 Å². The zero-order valence-electron chi connectivity index (χ0n) is 16.7. The second kappa shape index (κ2) is 8.45. The molecule has 7 heteroatoms. The zero-order valence-corrected chi connectivity index (χ0v) is 16.7. The van der Waals surface area contributed by atoms with Gasteiger partial charge in [-0.2, -0.15) is 5.10 Å². The van der Waals surface area contributed by atoms with Crippen molar-refractivity contribution in [2.75, 3.05) is 18.4 Å². The summed E-state index contributed by atoms with van der Waals surface area (Å²) in [7, 11) is 0. The Hall–Kier alpha value is -3.19. The van der Waals surface area contributed by atoms with E-state index in [2.05, 4.69) is 20.7 Å². The number of aromatic nitrogens is 3. The van der Waals surface area contributed by atoms with Gasteiger partial charge in [0, 0.05) is 18.8 Å². The molecule has 1 amide bonds. The van der Waals surface area contributed by atoms with Crippen LogP contribution in [0.25, 0.3) is 0 Å². The Morgan fingerprint density at radius 2 is 2.14 bits per heavy atom. The first-order chi connectivity index (χ1) is 14.1. The standard InChI is InChI=1S/C22H25N5O2/c1-15-5-3-7-20(16(15)2)29-21-9-8-17(13-24-21)25-22(28)19-10-12-27(26-19)18-6-4-11-23-14-18/h3,5,7-10,12-13,18,23H,4,6,11,14H2,1-2H3,(H,25,28). The molecule has 1 unspecified atom stereocenters. The van der Waals surface area contributed by atoms with E-state index in [4.69, 9.17) is 4.74 Å². The largest absolute Gasteiger partial charge is 0.439 e. The number of piperidine rings is 1. The van der Waals surface area contributed by atoms with Gasteiger partial charge in [0.25, 0.3) is 5.91 Å². The van der Waals surface area contributed by atoms with E-state index in [1.807, 2.05) is 42.9 Å². The number of carbonyl (C=O) groups is 1. The Kier molecular flexibility index (Phi) is 5.57. The van der Waals surface area contributed by atoms with Gasteiger partial charge in [-0.15, -0.1) is 0 Å². The highest BCUT2D eigenvalue weighted by Gasteiger charge is 2.18. The Bertz CT molecular complexity index is 991. The molecular formula is C22H25N5O2. The lowest BCUT2D eigenvalue weighted by Gasteiger charge is -2.22. The molecule has 0 bridgehead atoms. The molecule has 1 saturated heterocycles. The number of amides is 1. The molecule has 0 spiro atoms. The summed E-state index contributed by atoms with van der Waals surface area (Å²) in [4.78, 5) is 16.8. The van der Waals surface area contributed by atoms with Crippen LogP contribution in [0.5, 0.6) is 11.6 Å². The van der Waals surface area contributed by atoms with Gasteiger partial charge in [-0.1, -0.05) is 12.1 Å². The van der Waals surface area contributed by atoms with Crippen LogP contribution in [-0.2, 0) is 0 Å². The second-order valence-electron chi connectivity index (χ2n) is 7.32. The van der Waals surface area contributed by atoms with Gasteiger partial charge in [0.1, 0.15) is 5.75 Å². The highest BCUT2D eigenvalue weighted by atomic mass is 16.5. The average molecular weight is 391 g/mol. The molecule has 0 aliphatic carbocycles. The Morgan fingerprint density at radius 3 is 2.90 bits per heavy atom. The predicted octanol–water partition coefficient (Wildman–Crippen LogP) is 3.86. The lowest BCUT2D eigenvalue weighted by atomic mass is 10.1. The Labute approximate surface area is 170 Å². The van der Waals surface area contributed by atoms with Gasteiger partial charge < -0.3 is 15.4 Å². The minimum absolute atomic E-state index is 0.252. The fraction of sp³-hybridized carbons (Fsp3) is 0.318. The van der Waals surface area contributed by atoms with E-state index in [1.165, 1.54) is 0 Å². The van der Waals surface area contributed by atoms with Crippen molar-refractivity contribution in [3.63, 3.8) is 0 Å². The van der Waals surface area contributed by atoms with Crippen molar-refractivity contribution in [3.8, 4) is 11.6 Å². The summed E-state index contributed by atoms with van der Waals surface area (Å²) in [6, 6.07) is 11.5. The molecule has 1 aromatic carbocycles. The maximum atomic E-state index is 12.5. The van der Waals surface area contributed by atoms with Gasteiger partial charge in [-0.25, -0.2) is 4.98 Å². The van der Waals surface area contributed by atoms with Crippen LogP contribution < -0.4 is 15.4 Å². The predicted molar refractivity (Wildman–Crippen MR) is 112 cm³/mol. The third-order valence-corrected chi connectivity index (χ3v) is 5.25. The van der Waals surface area contributed by atoms with Gasteiger partial charge in [0.2, 0.25) is 5.88 Å². The molecule has 0 saturated carbocycles. The monoisotopic (exact) mass is 391 g/mol. The second-order valence-corrected chi connectivity index (χ2v) is 7.32. The molecule has 29 heavy (non-hydrogen) atoms. The van der Waals surface area contributed by atoms with E-state index >= 15 is 0 Å². The van der Waals surface area contributed by atoms with Gasteiger partial charge in [0.05, 0.1) is 17.9 Å². The summed E-state index contributed by atoms with van der Waals surface area (Å²) in [6.07, 6.45) is 5.64. The highest BCUT2D eigenvalue weighted by Crippen LogP contribution is 2.26. The van der Waals surface area contributed by atoms with E-state index in [0.717, 1.165) is 42.8 Å². The molecule has 0 radical (unpaired) electrons. The molecule has 3 heterocycles. The molecule has 2 N–H and O–H groups in total. The van der Waals surface area contributed by atoms with Gasteiger partial charge >= 0.3 is 0 Å². The van der Waals surface area contributed by atoms with Crippen molar-refractivity contribution >= 4 is 11.6 Å². The number of nitrogens with zero attached hydrogens (tertiary/aromatic N) is 3. The van der Waals surface area contributed by atoms with Gasteiger partial charge in [-0.05, 0) is 62.6 Å². The molecule has 150 valence electrons. The maximum Gasteiger partial charge on any atom is 0.276 e. The van der Waals surface area contributed by atoms with E-state index in [0.29, 0.717) is 23.3 Å². The van der Waals surface area contributed by atoms with Crippen LogP contribution in [-0.4, -0.2) is 33.8 Å². The molecular weight excluding hydrogens is 366 g/mol. The molecule has 2 aromatic heterocycles. The van der Waals surface area contributed by atoms with Crippen LogP contribution in [0.3, 0.4) is 0 Å². The molecule has 1 aliphatic heterocycles. The smallest absolute Gasteiger partial charge is 0.276 e. The zero-order chi connectivity index (χ0) is 20.2. The number of ether oxygens (including phenoxy) is 1. The minimum atomic E-state index is -0.252. The van der Waals surface area contributed by atoms with E-state index in [9.17, 15) is 4.79 Å². The lowest BCUT2D eigenvalue weighted by Crippen LogP contribution is -2.32. The summed E-state index contributed by atoms with van der Waals surface area (Å²) < 4.78 is 7.74. The highest BCUT2D eigenvalue weighted by molar-refractivity contribution is 6.02. The molecule has 3 aromatic rings. The number of rotatable bonds is 5. The van der Waals surface area contributed by atoms with Crippen molar-refractivity contribution < 1.29 is 9.53 Å². The first-order valence-corrected chi connectivity index (χ1v) is 9.87. The third-order valence-electron chi connectivity index (χ3n) is 5.25. The average Bonchev–Trinajstić information content (AvgIpc) is 3.24. The van der Waals surface area contributed by atoms with E-state index in [-0.39, 0.29) is 5.91 Å². The number of aryl methyl sites for hydroxylation is 1. The fourth-order valence-electron chi connectivity index (χ4n) is 3.38. The first-order valence-electron chi connectivity index (χ1n) is 9.87. The third kappa shape index (κ3) is 4.46. The SMILES string of the molecule is Cc1cccc(Oc2ccc(NC(=O)c3ccn(C4CCCNC4)n3)cn2)c1C. The Morgan fingerprint density at radius 1 is 1.24 bits per heavy atom. The molecule has 1 atom stereocenters. The van der Waals surface area contributed by atoms with E-state index in [1.54, 1.807) is 24.4 Å². The van der Waals surface area contributed by atoms with Crippen LogP contribution in [0.2, 0.25) is 0 Å². The topological polar surface area (TPSA) is 81.1 Å². The molecule has 1 fully saturated rings. The van der Waals surface area contributed by atoms with E-state index < -0.39 is 0 Å². The summed E-state index contributed by atoms with van der Waals surface area (Å²) in [5, 5.41) is 10.6. The van der Waals surface area contributed by atoms with Crippen LogP contribution in [0.4, 0.5) is 5.69 Å². The number of carbonyl (C=O) groups excluding carboxylic acids is 1. The summed E-state index contributed by atoms with van der Waals surface area (Å²) in [6.45, 7) is 5.98. The van der Waals surface area contributed by atoms with Crippen molar-refractivity contribution in [1.82, 2.24) is 20.1 Å². The quantitative estimate of drug-likeness (QED) is 0.690. The Balaban J connectivity index is 1.39. The number of hydrogen-bond donors (Lipinski definition) is 2. The van der Waals surface area contributed by atoms with Crippen LogP contribution >= 0.6 is 0 Å². The number of hydrogen-bond acceptors (Lipinski definition) is 5. The molecule has 4 rings (SSSR count). The first kappa shape index (κ1) is 19.1. The van der Waals surface area contributed by atoms with Gasteiger partial charge in [-0.3, -0.25) is 9.48 Å².